The van der Waals surface area contributed by atoms with Gasteiger partial charge in [0.2, 0.25) is 0 Å². The zero-order chi connectivity index (χ0) is 21.7. The smallest absolute Gasteiger partial charge is 0.277 e. The number of amides is 1. The molecule has 156 valence electrons. The molecule has 0 saturated heterocycles. The van der Waals surface area contributed by atoms with E-state index in [0.717, 1.165) is 11.8 Å². The number of nitrogen functional groups attached to an aromatic ring is 1. The SMILES string of the molecule is CCOc1ccc(C(=O)Nc2c(N)nc(SCc3c(F)cccc3Cl)[nH]c2=O)cc1. The lowest BCUT2D eigenvalue weighted by Gasteiger charge is -2.10. The Kier molecular flexibility index (Phi) is 6.96. The number of carbonyl (C=O) groups excluding carboxylic acids is 1. The van der Waals surface area contributed by atoms with Gasteiger partial charge >= 0.3 is 0 Å². The molecule has 0 atom stereocenters. The maximum atomic E-state index is 13.9. The highest BCUT2D eigenvalue weighted by molar-refractivity contribution is 7.98. The van der Waals surface area contributed by atoms with Crippen molar-refractivity contribution in [3.8, 4) is 5.75 Å². The van der Waals surface area contributed by atoms with Crippen molar-refractivity contribution in [2.24, 2.45) is 0 Å². The van der Waals surface area contributed by atoms with Crippen molar-refractivity contribution in [1.82, 2.24) is 9.97 Å². The lowest BCUT2D eigenvalue weighted by molar-refractivity contribution is 0.102. The Morgan fingerprint density at radius 2 is 2.03 bits per heavy atom. The Bertz CT molecular complexity index is 1100. The molecule has 3 rings (SSSR count). The third kappa shape index (κ3) is 5.11. The monoisotopic (exact) mass is 448 g/mol. The van der Waals surface area contributed by atoms with Crippen molar-refractivity contribution in [2.45, 2.75) is 17.8 Å². The number of nitrogens with zero attached hydrogens (tertiary/aromatic N) is 1. The summed E-state index contributed by atoms with van der Waals surface area (Å²) in [7, 11) is 0. The van der Waals surface area contributed by atoms with Crippen LogP contribution in [0.1, 0.15) is 22.8 Å². The third-order valence-electron chi connectivity index (χ3n) is 4.01. The minimum Gasteiger partial charge on any atom is -0.494 e. The van der Waals surface area contributed by atoms with Crippen LogP contribution in [-0.2, 0) is 5.75 Å². The number of thioether (sulfide) groups is 1. The molecule has 1 heterocycles. The molecule has 0 aliphatic rings. The van der Waals surface area contributed by atoms with Gasteiger partial charge in [0.25, 0.3) is 11.5 Å². The van der Waals surface area contributed by atoms with Crippen LogP contribution in [0.5, 0.6) is 5.75 Å². The first-order valence-corrected chi connectivity index (χ1v) is 10.2. The molecule has 3 aromatic rings. The van der Waals surface area contributed by atoms with Crippen LogP contribution in [0.2, 0.25) is 5.02 Å². The van der Waals surface area contributed by atoms with Gasteiger partial charge in [0.1, 0.15) is 17.3 Å². The Labute approximate surface area is 180 Å². The van der Waals surface area contributed by atoms with Gasteiger partial charge in [0, 0.05) is 21.9 Å². The molecule has 0 spiro atoms. The number of H-pyrrole nitrogens is 1. The van der Waals surface area contributed by atoms with E-state index in [2.05, 4.69) is 15.3 Å². The molecule has 1 aromatic heterocycles. The number of aromatic nitrogens is 2. The highest BCUT2D eigenvalue weighted by Crippen LogP contribution is 2.27. The molecule has 7 nitrogen and oxygen atoms in total. The number of aromatic amines is 1. The summed E-state index contributed by atoms with van der Waals surface area (Å²) >= 11 is 7.06. The average Bonchev–Trinajstić information content (AvgIpc) is 2.71. The second kappa shape index (κ2) is 9.64. The minimum atomic E-state index is -0.621. The van der Waals surface area contributed by atoms with Crippen LogP contribution in [0.25, 0.3) is 0 Å². The largest absolute Gasteiger partial charge is 0.494 e. The second-order valence-corrected chi connectivity index (χ2v) is 7.40. The molecule has 0 aliphatic carbocycles. The van der Waals surface area contributed by atoms with E-state index in [1.807, 2.05) is 6.92 Å². The van der Waals surface area contributed by atoms with Gasteiger partial charge in [0.15, 0.2) is 11.0 Å². The number of anilines is 2. The zero-order valence-electron chi connectivity index (χ0n) is 15.9. The van der Waals surface area contributed by atoms with E-state index in [9.17, 15) is 14.0 Å². The van der Waals surface area contributed by atoms with E-state index in [4.69, 9.17) is 22.1 Å². The zero-order valence-corrected chi connectivity index (χ0v) is 17.4. The first kappa shape index (κ1) is 21.7. The summed E-state index contributed by atoms with van der Waals surface area (Å²) in [5.74, 6) is -0.351. The number of halogens is 2. The summed E-state index contributed by atoms with van der Waals surface area (Å²) in [6, 6.07) is 10.8. The van der Waals surface area contributed by atoms with E-state index in [1.54, 1.807) is 30.3 Å². The topological polar surface area (TPSA) is 110 Å². The van der Waals surface area contributed by atoms with Gasteiger partial charge in [-0.15, -0.1) is 0 Å². The van der Waals surface area contributed by atoms with Crippen LogP contribution in [0.3, 0.4) is 0 Å². The first-order valence-electron chi connectivity index (χ1n) is 8.88. The standard InChI is InChI=1S/C20H18ClFN4O3S/c1-2-29-12-8-6-11(7-9-12)18(27)24-16-17(23)25-20(26-19(16)28)30-10-13-14(21)4-3-5-15(13)22/h3-9H,2,10H2,1H3,(H,24,27)(H3,23,25,26,28). The highest BCUT2D eigenvalue weighted by Gasteiger charge is 2.15. The summed E-state index contributed by atoms with van der Waals surface area (Å²) in [5, 5.41) is 2.92. The summed E-state index contributed by atoms with van der Waals surface area (Å²) in [4.78, 5) is 31.4. The molecule has 0 saturated carbocycles. The van der Waals surface area contributed by atoms with Crippen LogP contribution in [0, 0.1) is 5.82 Å². The number of rotatable bonds is 7. The highest BCUT2D eigenvalue weighted by atomic mass is 35.5. The van der Waals surface area contributed by atoms with Crippen molar-refractivity contribution in [3.63, 3.8) is 0 Å². The Morgan fingerprint density at radius 3 is 2.67 bits per heavy atom. The Hall–Kier alpha value is -3.04. The molecule has 10 heteroatoms. The van der Waals surface area contributed by atoms with Gasteiger partial charge in [-0.3, -0.25) is 14.6 Å². The van der Waals surface area contributed by atoms with Crippen LogP contribution < -0.4 is 21.3 Å². The van der Waals surface area contributed by atoms with Crippen molar-refractivity contribution in [3.05, 3.63) is 74.8 Å². The van der Waals surface area contributed by atoms with E-state index in [-0.39, 0.29) is 27.4 Å². The molecule has 30 heavy (non-hydrogen) atoms. The average molecular weight is 449 g/mol. The summed E-state index contributed by atoms with van der Waals surface area (Å²) in [6.45, 7) is 2.37. The van der Waals surface area contributed by atoms with Crippen LogP contribution >= 0.6 is 23.4 Å². The molecule has 1 amide bonds. The van der Waals surface area contributed by atoms with Crippen molar-refractivity contribution in [1.29, 1.82) is 0 Å². The van der Waals surface area contributed by atoms with Gasteiger partial charge in [-0.05, 0) is 43.3 Å². The number of benzene rings is 2. The predicted octanol–water partition coefficient (Wildman–Crippen LogP) is 4.09. The maximum absolute atomic E-state index is 13.9. The maximum Gasteiger partial charge on any atom is 0.277 e. The second-order valence-electron chi connectivity index (χ2n) is 6.03. The molecule has 0 unspecified atom stereocenters. The Balaban J connectivity index is 1.73. The van der Waals surface area contributed by atoms with Crippen LogP contribution in [0.15, 0.2) is 52.4 Å². The van der Waals surface area contributed by atoms with Crippen molar-refractivity contribution in [2.75, 3.05) is 17.7 Å². The molecule has 0 aliphatic heterocycles. The van der Waals surface area contributed by atoms with Crippen LogP contribution in [-0.4, -0.2) is 22.5 Å². The lowest BCUT2D eigenvalue weighted by Crippen LogP contribution is -2.23. The summed E-state index contributed by atoms with van der Waals surface area (Å²) in [5.41, 5.74) is 5.69. The van der Waals surface area contributed by atoms with Crippen LogP contribution in [0.4, 0.5) is 15.9 Å². The number of hydrogen-bond donors (Lipinski definition) is 3. The number of hydrogen-bond acceptors (Lipinski definition) is 6. The molecule has 2 aromatic carbocycles. The molecular weight excluding hydrogens is 431 g/mol. The van der Waals surface area contributed by atoms with E-state index in [0.29, 0.717) is 23.5 Å². The predicted molar refractivity (Wildman–Crippen MR) is 116 cm³/mol. The number of nitrogens with two attached hydrogens (primary N) is 1. The van der Waals surface area contributed by atoms with E-state index < -0.39 is 17.3 Å². The fourth-order valence-corrected chi connectivity index (χ4v) is 3.74. The quantitative estimate of drug-likeness (QED) is 0.371. The third-order valence-corrected chi connectivity index (χ3v) is 5.26. The summed E-state index contributed by atoms with van der Waals surface area (Å²) < 4.78 is 19.2. The van der Waals surface area contributed by atoms with Crippen molar-refractivity contribution < 1.29 is 13.9 Å². The fraction of sp³-hybridized carbons (Fsp3) is 0.150. The molecule has 0 radical (unpaired) electrons. The van der Waals surface area contributed by atoms with Gasteiger partial charge < -0.3 is 15.8 Å². The lowest BCUT2D eigenvalue weighted by atomic mass is 10.2. The minimum absolute atomic E-state index is 0.145. The molecule has 0 fully saturated rings. The number of nitrogens with one attached hydrogen (secondary N) is 2. The van der Waals surface area contributed by atoms with Gasteiger partial charge in [0.05, 0.1) is 6.61 Å². The van der Waals surface area contributed by atoms with E-state index in [1.165, 1.54) is 12.1 Å². The fourth-order valence-electron chi connectivity index (χ4n) is 2.52. The normalized spacial score (nSPS) is 10.6. The van der Waals surface area contributed by atoms with E-state index >= 15 is 0 Å². The van der Waals surface area contributed by atoms with Crippen molar-refractivity contribution >= 4 is 40.8 Å². The molecule has 4 N–H and O–H groups in total. The summed E-state index contributed by atoms with van der Waals surface area (Å²) in [6.07, 6.45) is 0. The van der Waals surface area contributed by atoms with Gasteiger partial charge in [-0.2, -0.15) is 0 Å². The molecule has 0 bridgehead atoms. The number of ether oxygens (including phenoxy) is 1. The molecular formula is C20H18ClFN4O3S. The first-order chi connectivity index (χ1) is 14.4. The van der Waals surface area contributed by atoms with Gasteiger partial charge in [-0.25, -0.2) is 9.37 Å². The number of carbonyl (C=O) groups is 1. The Morgan fingerprint density at radius 1 is 1.30 bits per heavy atom. The van der Waals surface area contributed by atoms with Gasteiger partial charge in [-0.1, -0.05) is 29.4 Å².